The lowest BCUT2D eigenvalue weighted by atomic mass is 10.1. The van der Waals surface area contributed by atoms with Gasteiger partial charge in [-0.1, -0.05) is 33.3 Å². The molecule has 168 valence electrons. The van der Waals surface area contributed by atoms with Crippen LogP contribution in [-0.4, -0.2) is 22.0 Å². The number of hydrazone groups is 1. The summed E-state index contributed by atoms with van der Waals surface area (Å²) in [7, 11) is 0. The van der Waals surface area contributed by atoms with Crippen LogP contribution in [0.1, 0.15) is 21.7 Å². The number of rotatable bonds is 5. The molecule has 2 aromatic heterocycles. The predicted octanol–water partition coefficient (Wildman–Crippen LogP) is 6.26. The number of carbonyl (C=O) groups is 1. The molecule has 0 atom stereocenters. The van der Waals surface area contributed by atoms with Crippen molar-refractivity contribution in [1.82, 2.24) is 4.98 Å². The molecule has 0 saturated carbocycles. The lowest BCUT2D eigenvalue weighted by Crippen LogP contribution is -2.26. The maximum Gasteiger partial charge on any atom is 0.433 e. The van der Waals surface area contributed by atoms with Crippen LogP contribution >= 0.6 is 27.3 Å². The number of carbonyl (C=O) groups excluding carboxylic acids is 1. The van der Waals surface area contributed by atoms with Crippen molar-refractivity contribution in [2.75, 3.05) is 5.01 Å². The van der Waals surface area contributed by atoms with Crippen LogP contribution in [0.25, 0.3) is 10.2 Å². The highest BCUT2D eigenvalue weighted by molar-refractivity contribution is 9.10. The number of thiazole rings is 1. The molecule has 4 aromatic rings. The highest BCUT2D eigenvalue weighted by Crippen LogP contribution is 2.33. The number of nitrogens with zero attached hydrogens (tertiary/aromatic N) is 4. The summed E-state index contributed by atoms with van der Waals surface area (Å²) >= 11 is 4.43. The Morgan fingerprint density at radius 3 is 2.70 bits per heavy atom. The van der Waals surface area contributed by atoms with Gasteiger partial charge in [-0.25, -0.2) is 4.98 Å². The lowest BCUT2D eigenvalue weighted by molar-refractivity contribution is -0.402. The monoisotopic (exact) mass is 538 g/mol. The number of hydrogen-bond acceptors (Lipinski definition) is 7. The molecule has 0 aliphatic rings. The number of nitro groups is 1. The van der Waals surface area contributed by atoms with E-state index in [-0.39, 0.29) is 16.5 Å². The topological polar surface area (TPSA) is 102 Å². The molecule has 0 unspecified atom stereocenters. The number of fused-ring (bicyclic) bond motifs is 1. The molecule has 0 aliphatic heterocycles. The molecule has 4 rings (SSSR count). The van der Waals surface area contributed by atoms with E-state index in [2.05, 4.69) is 26.0 Å². The van der Waals surface area contributed by atoms with E-state index in [0.29, 0.717) is 16.3 Å². The molecule has 0 N–H and O–H groups in total. The van der Waals surface area contributed by atoms with Crippen LogP contribution in [0.5, 0.6) is 0 Å². The molecule has 8 nitrogen and oxygen atoms in total. The standard InChI is InChI=1S/C20H10BrF3N4O4S/c21-13-4-6-15-16(9-13)33-19(26-15)27(25-10-14-5-7-17(32-14)28(30)31)18(29)11-2-1-3-12(8-11)20(22,23)24/h1-10H/b25-10+. The van der Waals surface area contributed by atoms with Gasteiger partial charge in [0, 0.05) is 10.0 Å². The SMILES string of the molecule is O=C(c1cccc(C(F)(F)F)c1)N(/N=C/c1ccc([N+](=O)[O-])o1)c1nc2ccc(Br)cc2s1. The summed E-state index contributed by atoms with van der Waals surface area (Å²) < 4.78 is 45.9. The van der Waals surface area contributed by atoms with Crippen molar-refractivity contribution >= 4 is 60.6 Å². The molecule has 33 heavy (non-hydrogen) atoms. The second-order valence-corrected chi connectivity index (χ2v) is 8.41. The van der Waals surface area contributed by atoms with Crippen molar-refractivity contribution < 1.29 is 27.3 Å². The van der Waals surface area contributed by atoms with Crippen LogP contribution in [0.3, 0.4) is 0 Å². The van der Waals surface area contributed by atoms with Crippen molar-refractivity contribution in [2.45, 2.75) is 6.18 Å². The Morgan fingerprint density at radius 2 is 2.00 bits per heavy atom. The Kier molecular flexibility index (Phi) is 5.99. The minimum absolute atomic E-state index is 0.0348. The van der Waals surface area contributed by atoms with Crippen LogP contribution in [-0.2, 0) is 6.18 Å². The molecule has 0 spiro atoms. The summed E-state index contributed by atoms with van der Waals surface area (Å²) in [5, 5.41) is 15.7. The van der Waals surface area contributed by atoms with Gasteiger partial charge in [-0.3, -0.25) is 14.9 Å². The summed E-state index contributed by atoms with van der Waals surface area (Å²) in [6.45, 7) is 0. The van der Waals surface area contributed by atoms with E-state index in [0.717, 1.165) is 45.2 Å². The molecule has 1 amide bonds. The normalized spacial score (nSPS) is 11.9. The summed E-state index contributed by atoms with van der Waals surface area (Å²) in [6, 6.07) is 11.5. The number of amides is 1. The lowest BCUT2D eigenvalue weighted by Gasteiger charge is -2.14. The zero-order chi connectivity index (χ0) is 23.8. The van der Waals surface area contributed by atoms with Gasteiger partial charge in [-0.15, -0.1) is 0 Å². The predicted molar refractivity (Wildman–Crippen MR) is 119 cm³/mol. The first kappa shape index (κ1) is 22.6. The number of benzene rings is 2. The third-order valence-electron chi connectivity index (χ3n) is 4.24. The van der Waals surface area contributed by atoms with Crippen LogP contribution in [0.15, 0.2) is 68.6 Å². The molecule has 0 aliphatic carbocycles. The molecule has 0 bridgehead atoms. The minimum atomic E-state index is -4.64. The Labute approximate surface area is 195 Å². The van der Waals surface area contributed by atoms with Gasteiger partial charge in [0.1, 0.15) is 4.92 Å². The second kappa shape index (κ2) is 8.75. The van der Waals surface area contributed by atoms with E-state index in [1.54, 1.807) is 18.2 Å². The zero-order valence-corrected chi connectivity index (χ0v) is 18.5. The molecule has 0 fully saturated rings. The molecule has 13 heteroatoms. The highest BCUT2D eigenvalue weighted by atomic mass is 79.9. The Hall–Kier alpha value is -3.58. The van der Waals surface area contributed by atoms with Crippen LogP contribution in [0.2, 0.25) is 0 Å². The summed E-state index contributed by atoms with van der Waals surface area (Å²) in [4.78, 5) is 27.6. The average Bonchev–Trinajstić information content (AvgIpc) is 3.40. The third kappa shape index (κ3) is 4.93. The number of anilines is 1. The maximum atomic E-state index is 13.2. The number of hydrogen-bond donors (Lipinski definition) is 0. The Balaban J connectivity index is 1.76. The van der Waals surface area contributed by atoms with E-state index in [1.807, 2.05) is 0 Å². The van der Waals surface area contributed by atoms with Crippen molar-refractivity contribution in [3.8, 4) is 0 Å². The molecular formula is C20H10BrF3N4O4S. The number of furan rings is 1. The first-order chi connectivity index (χ1) is 15.6. The van der Waals surface area contributed by atoms with Gasteiger partial charge < -0.3 is 4.42 Å². The zero-order valence-electron chi connectivity index (χ0n) is 16.1. The molecular weight excluding hydrogens is 529 g/mol. The summed E-state index contributed by atoms with van der Waals surface area (Å²) in [6.07, 6.45) is -3.60. The number of alkyl halides is 3. The fraction of sp³-hybridized carbons (Fsp3) is 0.0500. The van der Waals surface area contributed by atoms with E-state index >= 15 is 0 Å². The quantitative estimate of drug-likeness (QED) is 0.169. The molecule has 2 aromatic carbocycles. The maximum absolute atomic E-state index is 13.2. The average molecular weight is 539 g/mol. The van der Waals surface area contributed by atoms with Crippen molar-refractivity contribution in [1.29, 1.82) is 0 Å². The Bertz CT molecular complexity index is 1400. The summed E-state index contributed by atoms with van der Waals surface area (Å²) in [5.41, 5.74) is -0.719. The van der Waals surface area contributed by atoms with Gasteiger partial charge in [-0.2, -0.15) is 23.3 Å². The van der Waals surface area contributed by atoms with E-state index in [1.165, 1.54) is 12.1 Å². The molecule has 0 radical (unpaired) electrons. The van der Waals surface area contributed by atoms with Gasteiger partial charge in [0.15, 0.2) is 5.76 Å². The number of aromatic nitrogens is 1. The van der Waals surface area contributed by atoms with Gasteiger partial charge in [0.2, 0.25) is 5.13 Å². The fourth-order valence-corrected chi connectivity index (χ4v) is 4.21. The molecule has 0 saturated heterocycles. The number of halogens is 4. The van der Waals surface area contributed by atoms with Crippen LogP contribution in [0.4, 0.5) is 24.2 Å². The highest BCUT2D eigenvalue weighted by Gasteiger charge is 2.32. The molecule has 2 heterocycles. The van der Waals surface area contributed by atoms with Crippen LogP contribution in [0, 0.1) is 10.1 Å². The van der Waals surface area contributed by atoms with Gasteiger partial charge in [0.05, 0.1) is 28.1 Å². The van der Waals surface area contributed by atoms with E-state index in [4.69, 9.17) is 4.42 Å². The van der Waals surface area contributed by atoms with Crippen molar-refractivity contribution in [3.05, 3.63) is 86.1 Å². The fourth-order valence-electron chi connectivity index (χ4n) is 2.74. The minimum Gasteiger partial charge on any atom is -0.400 e. The first-order valence-corrected chi connectivity index (χ1v) is 10.6. The van der Waals surface area contributed by atoms with E-state index in [9.17, 15) is 28.1 Å². The van der Waals surface area contributed by atoms with Gasteiger partial charge >= 0.3 is 12.1 Å². The van der Waals surface area contributed by atoms with E-state index < -0.39 is 28.5 Å². The van der Waals surface area contributed by atoms with Gasteiger partial charge in [-0.05, 0) is 42.5 Å². The van der Waals surface area contributed by atoms with Gasteiger partial charge in [0.25, 0.3) is 5.91 Å². The van der Waals surface area contributed by atoms with Crippen LogP contribution < -0.4 is 5.01 Å². The Morgan fingerprint density at radius 1 is 1.21 bits per heavy atom. The summed E-state index contributed by atoms with van der Waals surface area (Å²) in [5.74, 6) is -1.44. The van der Waals surface area contributed by atoms with Crippen molar-refractivity contribution in [2.24, 2.45) is 5.10 Å². The largest absolute Gasteiger partial charge is 0.433 e. The second-order valence-electron chi connectivity index (χ2n) is 6.48. The first-order valence-electron chi connectivity index (χ1n) is 8.98. The third-order valence-corrected chi connectivity index (χ3v) is 5.73. The van der Waals surface area contributed by atoms with Crippen molar-refractivity contribution in [3.63, 3.8) is 0 Å². The smallest absolute Gasteiger partial charge is 0.400 e.